The molecule has 0 aliphatic carbocycles. The molecular formula is C19H19F3N4O. The van der Waals surface area contributed by atoms with Crippen LogP contribution in [0.4, 0.5) is 13.2 Å². The van der Waals surface area contributed by atoms with Crippen molar-refractivity contribution in [3.05, 3.63) is 59.2 Å². The highest BCUT2D eigenvalue weighted by atomic mass is 19.4. The van der Waals surface area contributed by atoms with Crippen LogP contribution in [0.15, 0.2) is 36.4 Å². The Bertz CT molecular complexity index is 967. The second kappa shape index (κ2) is 6.94. The van der Waals surface area contributed by atoms with Crippen molar-refractivity contribution < 1.29 is 17.9 Å². The van der Waals surface area contributed by atoms with Gasteiger partial charge < -0.3 is 14.6 Å². The van der Waals surface area contributed by atoms with Gasteiger partial charge in [-0.25, -0.2) is 4.98 Å². The van der Waals surface area contributed by atoms with Crippen molar-refractivity contribution in [2.75, 3.05) is 13.2 Å². The fourth-order valence-electron chi connectivity index (χ4n) is 3.41. The third-order valence-electron chi connectivity index (χ3n) is 4.63. The number of imidazole rings is 1. The molecule has 0 saturated heterocycles. The van der Waals surface area contributed by atoms with Crippen LogP contribution in [-0.4, -0.2) is 27.7 Å². The quantitative estimate of drug-likeness (QED) is 0.756. The first-order valence-corrected chi connectivity index (χ1v) is 8.71. The largest absolute Gasteiger partial charge is 0.416 e. The van der Waals surface area contributed by atoms with E-state index >= 15 is 0 Å². The molecule has 0 amide bonds. The van der Waals surface area contributed by atoms with Gasteiger partial charge in [0.15, 0.2) is 0 Å². The summed E-state index contributed by atoms with van der Waals surface area (Å²) in [6.45, 7) is 3.94. The van der Waals surface area contributed by atoms with E-state index in [1.165, 1.54) is 6.07 Å². The lowest BCUT2D eigenvalue weighted by Crippen LogP contribution is -2.32. The van der Waals surface area contributed by atoms with Crippen LogP contribution in [0.1, 0.15) is 28.8 Å². The summed E-state index contributed by atoms with van der Waals surface area (Å²) >= 11 is 0. The Morgan fingerprint density at radius 3 is 2.85 bits per heavy atom. The SMILES string of the molecule is Cc1cccc(CNCC2COCc3nc4cc(C(F)(F)F)ccc4n32)n1. The van der Waals surface area contributed by atoms with E-state index in [2.05, 4.69) is 15.3 Å². The molecule has 1 aliphatic heterocycles. The van der Waals surface area contributed by atoms with Crippen LogP contribution >= 0.6 is 0 Å². The Balaban J connectivity index is 1.55. The highest BCUT2D eigenvalue weighted by Gasteiger charge is 2.32. The predicted molar refractivity (Wildman–Crippen MR) is 94.1 cm³/mol. The number of hydrogen-bond donors (Lipinski definition) is 1. The van der Waals surface area contributed by atoms with Crippen molar-refractivity contribution >= 4 is 11.0 Å². The molecule has 8 heteroatoms. The Morgan fingerprint density at radius 2 is 2.07 bits per heavy atom. The Kier molecular flexibility index (Phi) is 4.61. The molecule has 0 fully saturated rings. The number of ether oxygens (including phenoxy) is 1. The van der Waals surface area contributed by atoms with Crippen LogP contribution < -0.4 is 5.32 Å². The molecule has 1 aliphatic rings. The first-order valence-electron chi connectivity index (χ1n) is 8.71. The lowest BCUT2D eigenvalue weighted by atomic mass is 10.2. The number of halogens is 3. The van der Waals surface area contributed by atoms with E-state index in [4.69, 9.17) is 4.74 Å². The van der Waals surface area contributed by atoms with Crippen LogP contribution in [0.3, 0.4) is 0 Å². The van der Waals surface area contributed by atoms with Gasteiger partial charge in [-0.05, 0) is 37.3 Å². The van der Waals surface area contributed by atoms with Crippen LogP contribution in [0.25, 0.3) is 11.0 Å². The Hall–Kier alpha value is -2.45. The molecule has 1 aromatic carbocycles. The number of benzene rings is 1. The van der Waals surface area contributed by atoms with E-state index in [1.807, 2.05) is 29.7 Å². The van der Waals surface area contributed by atoms with E-state index in [-0.39, 0.29) is 6.04 Å². The maximum atomic E-state index is 13.0. The molecule has 27 heavy (non-hydrogen) atoms. The van der Waals surface area contributed by atoms with E-state index in [9.17, 15) is 13.2 Å². The van der Waals surface area contributed by atoms with Gasteiger partial charge in [-0.15, -0.1) is 0 Å². The first kappa shape index (κ1) is 17.9. The lowest BCUT2D eigenvalue weighted by molar-refractivity contribution is -0.137. The van der Waals surface area contributed by atoms with Gasteiger partial charge >= 0.3 is 6.18 Å². The Morgan fingerprint density at radius 1 is 1.22 bits per heavy atom. The molecule has 1 unspecified atom stereocenters. The molecular weight excluding hydrogens is 357 g/mol. The lowest BCUT2D eigenvalue weighted by Gasteiger charge is -2.26. The molecule has 1 atom stereocenters. The van der Waals surface area contributed by atoms with Gasteiger partial charge in [0.2, 0.25) is 0 Å². The monoisotopic (exact) mass is 376 g/mol. The van der Waals surface area contributed by atoms with Crippen molar-refractivity contribution in [2.45, 2.75) is 32.3 Å². The van der Waals surface area contributed by atoms with Crippen LogP contribution in [0.5, 0.6) is 0 Å². The van der Waals surface area contributed by atoms with Crippen molar-refractivity contribution in [3.63, 3.8) is 0 Å². The molecule has 4 rings (SSSR count). The molecule has 3 heterocycles. The Labute approximate surface area is 154 Å². The van der Waals surface area contributed by atoms with Gasteiger partial charge in [-0.1, -0.05) is 6.07 Å². The maximum absolute atomic E-state index is 13.0. The number of rotatable bonds is 4. The van der Waals surface area contributed by atoms with Crippen molar-refractivity contribution in [1.29, 1.82) is 0 Å². The second-order valence-electron chi connectivity index (χ2n) is 6.67. The minimum absolute atomic E-state index is 0.0414. The molecule has 0 bridgehead atoms. The number of pyridine rings is 1. The average Bonchev–Trinajstić information content (AvgIpc) is 2.99. The van der Waals surface area contributed by atoms with Gasteiger partial charge in [0, 0.05) is 18.8 Å². The zero-order chi connectivity index (χ0) is 19.0. The topological polar surface area (TPSA) is 52.0 Å². The van der Waals surface area contributed by atoms with Gasteiger partial charge in [-0.3, -0.25) is 4.98 Å². The van der Waals surface area contributed by atoms with Crippen molar-refractivity contribution in [3.8, 4) is 0 Å². The fraction of sp³-hybridized carbons (Fsp3) is 0.368. The van der Waals surface area contributed by atoms with E-state index < -0.39 is 11.7 Å². The van der Waals surface area contributed by atoms with Crippen LogP contribution in [0, 0.1) is 6.92 Å². The van der Waals surface area contributed by atoms with Gasteiger partial charge in [0.25, 0.3) is 0 Å². The number of nitrogens with zero attached hydrogens (tertiary/aromatic N) is 3. The summed E-state index contributed by atoms with van der Waals surface area (Å²) in [5, 5.41) is 3.36. The molecule has 0 radical (unpaired) electrons. The zero-order valence-electron chi connectivity index (χ0n) is 14.8. The van der Waals surface area contributed by atoms with Crippen LogP contribution in [-0.2, 0) is 24.1 Å². The fourth-order valence-corrected chi connectivity index (χ4v) is 3.41. The number of aromatic nitrogens is 3. The normalized spacial score (nSPS) is 17.3. The average molecular weight is 376 g/mol. The second-order valence-corrected chi connectivity index (χ2v) is 6.67. The first-order chi connectivity index (χ1) is 12.9. The summed E-state index contributed by atoms with van der Waals surface area (Å²) in [5.74, 6) is 0.649. The number of fused-ring (bicyclic) bond motifs is 3. The zero-order valence-corrected chi connectivity index (χ0v) is 14.8. The van der Waals surface area contributed by atoms with Crippen molar-refractivity contribution in [2.24, 2.45) is 0 Å². The van der Waals surface area contributed by atoms with Gasteiger partial charge in [0.05, 0.1) is 34.9 Å². The molecule has 2 aromatic heterocycles. The summed E-state index contributed by atoms with van der Waals surface area (Å²) in [6, 6.07) is 9.51. The minimum Gasteiger partial charge on any atom is -0.371 e. The summed E-state index contributed by atoms with van der Waals surface area (Å²) < 4.78 is 46.4. The molecule has 0 spiro atoms. The number of alkyl halides is 3. The van der Waals surface area contributed by atoms with Gasteiger partial charge in [0.1, 0.15) is 12.4 Å². The number of nitrogens with one attached hydrogen (secondary N) is 1. The summed E-state index contributed by atoms with van der Waals surface area (Å²) in [5.41, 5.74) is 2.25. The third-order valence-corrected chi connectivity index (χ3v) is 4.63. The van der Waals surface area contributed by atoms with E-state index in [0.717, 1.165) is 23.5 Å². The minimum atomic E-state index is -4.38. The smallest absolute Gasteiger partial charge is 0.371 e. The highest BCUT2D eigenvalue weighted by molar-refractivity contribution is 5.77. The number of hydrogen-bond acceptors (Lipinski definition) is 4. The summed E-state index contributed by atoms with van der Waals surface area (Å²) in [6.07, 6.45) is -4.38. The summed E-state index contributed by atoms with van der Waals surface area (Å²) in [4.78, 5) is 8.81. The van der Waals surface area contributed by atoms with E-state index in [1.54, 1.807) is 0 Å². The molecule has 142 valence electrons. The third kappa shape index (κ3) is 3.68. The molecule has 3 aromatic rings. The van der Waals surface area contributed by atoms with E-state index in [0.29, 0.717) is 43.2 Å². The van der Waals surface area contributed by atoms with Crippen LogP contribution in [0.2, 0.25) is 0 Å². The maximum Gasteiger partial charge on any atom is 0.416 e. The molecule has 1 N–H and O–H groups in total. The standard InChI is InChI=1S/C19H19F3N4O/c1-12-3-2-4-14(24-12)8-23-9-15-10-27-11-18-25-16-7-13(19(20,21)22)5-6-17(16)26(15)18/h2-7,15,23H,8-11H2,1H3. The predicted octanol–water partition coefficient (Wildman–Crippen LogP) is 3.62. The van der Waals surface area contributed by atoms with Crippen molar-refractivity contribution in [1.82, 2.24) is 19.9 Å². The molecule has 0 saturated carbocycles. The summed E-state index contributed by atoms with van der Waals surface area (Å²) in [7, 11) is 0. The number of aryl methyl sites for hydroxylation is 1. The highest BCUT2D eigenvalue weighted by Crippen LogP contribution is 2.33. The molecule has 5 nitrogen and oxygen atoms in total. The van der Waals surface area contributed by atoms with Gasteiger partial charge in [-0.2, -0.15) is 13.2 Å².